The van der Waals surface area contributed by atoms with E-state index in [1.807, 2.05) is 49.6 Å². The lowest BCUT2D eigenvalue weighted by molar-refractivity contribution is 0.102. The van der Waals surface area contributed by atoms with Crippen molar-refractivity contribution in [3.63, 3.8) is 0 Å². The topological polar surface area (TPSA) is 56.0 Å². The van der Waals surface area contributed by atoms with Crippen molar-refractivity contribution in [3.05, 3.63) is 52.4 Å². The Kier molecular flexibility index (Phi) is 4.40. The summed E-state index contributed by atoms with van der Waals surface area (Å²) >= 11 is 2.81. The molecular weight excluding hydrogens is 316 g/mol. The molecule has 0 radical (unpaired) electrons. The quantitative estimate of drug-likeness (QED) is 0.513. The lowest BCUT2D eigenvalue weighted by Crippen LogP contribution is -2.04. The van der Waals surface area contributed by atoms with Crippen LogP contribution >= 0.6 is 23.1 Å². The molecule has 4 nitrogen and oxygen atoms in total. The van der Waals surface area contributed by atoms with Gasteiger partial charge in [0.15, 0.2) is 5.78 Å². The van der Waals surface area contributed by atoms with Gasteiger partial charge in [-0.2, -0.15) is 0 Å². The smallest absolute Gasteiger partial charge is 0.277 e. The summed E-state index contributed by atoms with van der Waals surface area (Å²) < 4.78 is 5.56. The van der Waals surface area contributed by atoms with E-state index in [2.05, 4.69) is 10.2 Å². The summed E-state index contributed by atoms with van der Waals surface area (Å²) in [5.41, 5.74) is 2.89. The van der Waals surface area contributed by atoms with Gasteiger partial charge >= 0.3 is 0 Å². The highest BCUT2D eigenvalue weighted by atomic mass is 32.2. The number of hydrogen-bond acceptors (Lipinski definition) is 6. The second kappa shape index (κ2) is 6.46. The summed E-state index contributed by atoms with van der Waals surface area (Å²) in [5, 5.41) is 10.3. The van der Waals surface area contributed by atoms with Crippen molar-refractivity contribution >= 4 is 28.9 Å². The van der Waals surface area contributed by atoms with E-state index in [-0.39, 0.29) is 11.5 Å². The Hall–Kier alpha value is -1.92. The van der Waals surface area contributed by atoms with Crippen molar-refractivity contribution in [2.24, 2.45) is 0 Å². The Morgan fingerprint density at radius 2 is 2.14 bits per heavy atom. The first-order valence-electron chi connectivity index (χ1n) is 6.74. The summed E-state index contributed by atoms with van der Waals surface area (Å²) in [7, 11) is 0. The zero-order valence-electron chi connectivity index (χ0n) is 12.2. The van der Waals surface area contributed by atoms with E-state index in [0.717, 1.165) is 21.6 Å². The lowest BCUT2D eigenvalue weighted by atomic mass is 10.0. The van der Waals surface area contributed by atoms with E-state index in [1.54, 1.807) is 11.3 Å². The zero-order valence-corrected chi connectivity index (χ0v) is 13.8. The average Bonchev–Trinajstić information content (AvgIpc) is 3.16. The van der Waals surface area contributed by atoms with Crippen LogP contribution in [0.15, 0.2) is 45.4 Å². The number of thiophene rings is 1. The Bertz CT molecular complexity index is 794. The number of aromatic nitrogens is 2. The van der Waals surface area contributed by atoms with Crippen LogP contribution in [0.25, 0.3) is 10.8 Å². The van der Waals surface area contributed by atoms with Gasteiger partial charge in [0, 0.05) is 5.56 Å². The van der Waals surface area contributed by atoms with Crippen LogP contribution in [0.4, 0.5) is 0 Å². The summed E-state index contributed by atoms with van der Waals surface area (Å²) in [5.74, 6) is 0.852. The van der Waals surface area contributed by atoms with Crippen molar-refractivity contribution in [1.82, 2.24) is 10.2 Å². The SMILES string of the molecule is Cc1ccc(C(=O)CSc2nnc(-c3cccs3)o2)c(C)c1. The summed E-state index contributed by atoms with van der Waals surface area (Å²) in [6.45, 7) is 3.97. The molecule has 1 aromatic carbocycles. The monoisotopic (exact) mass is 330 g/mol. The first-order valence-corrected chi connectivity index (χ1v) is 8.60. The van der Waals surface area contributed by atoms with Crippen molar-refractivity contribution in [2.75, 3.05) is 5.75 Å². The molecule has 3 aromatic rings. The maximum atomic E-state index is 12.3. The fourth-order valence-electron chi connectivity index (χ4n) is 2.10. The number of nitrogens with zero attached hydrogens (tertiary/aromatic N) is 2. The molecule has 112 valence electrons. The number of benzene rings is 1. The van der Waals surface area contributed by atoms with Gasteiger partial charge in [-0.1, -0.05) is 41.6 Å². The first-order chi connectivity index (χ1) is 10.6. The molecule has 0 aliphatic carbocycles. The number of aryl methyl sites for hydroxylation is 2. The van der Waals surface area contributed by atoms with Crippen molar-refractivity contribution < 1.29 is 9.21 Å². The molecule has 0 saturated heterocycles. The van der Waals surface area contributed by atoms with Crippen LogP contribution in [-0.2, 0) is 0 Å². The molecule has 22 heavy (non-hydrogen) atoms. The highest BCUT2D eigenvalue weighted by molar-refractivity contribution is 7.99. The predicted molar refractivity (Wildman–Crippen MR) is 88.6 cm³/mol. The fourth-order valence-corrected chi connectivity index (χ4v) is 3.39. The van der Waals surface area contributed by atoms with Crippen LogP contribution in [-0.4, -0.2) is 21.7 Å². The van der Waals surface area contributed by atoms with Crippen LogP contribution in [0.3, 0.4) is 0 Å². The molecule has 2 heterocycles. The van der Waals surface area contributed by atoms with Gasteiger partial charge in [-0.15, -0.1) is 21.5 Å². The van der Waals surface area contributed by atoms with Gasteiger partial charge in [-0.3, -0.25) is 4.79 Å². The molecule has 0 saturated carbocycles. The molecular formula is C16H14N2O2S2. The largest absolute Gasteiger partial charge is 0.410 e. The second-order valence-corrected chi connectivity index (χ2v) is 6.75. The normalized spacial score (nSPS) is 10.8. The highest BCUT2D eigenvalue weighted by Crippen LogP contribution is 2.27. The van der Waals surface area contributed by atoms with E-state index in [4.69, 9.17) is 4.42 Å². The van der Waals surface area contributed by atoms with Gasteiger partial charge in [0.05, 0.1) is 10.6 Å². The third-order valence-corrected chi connectivity index (χ3v) is 4.82. The van der Waals surface area contributed by atoms with Gasteiger partial charge in [-0.05, 0) is 30.9 Å². The van der Waals surface area contributed by atoms with Crippen LogP contribution in [0.1, 0.15) is 21.5 Å². The third kappa shape index (κ3) is 3.28. The van der Waals surface area contributed by atoms with Crippen molar-refractivity contribution in [3.8, 4) is 10.8 Å². The summed E-state index contributed by atoms with van der Waals surface area (Å²) in [6.07, 6.45) is 0. The van der Waals surface area contributed by atoms with E-state index in [0.29, 0.717) is 11.1 Å². The molecule has 0 aliphatic rings. The molecule has 0 atom stereocenters. The molecule has 0 amide bonds. The van der Waals surface area contributed by atoms with E-state index < -0.39 is 0 Å². The molecule has 2 aromatic heterocycles. The Morgan fingerprint density at radius 3 is 2.86 bits per heavy atom. The van der Waals surface area contributed by atoms with Gasteiger partial charge in [0.1, 0.15) is 0 Å². The predicted octanol–water partition coefficient (Wildman–Crippen LogP) is 4.39. The number of carbonyl (C=O) groups excluding carboxylic acids is 1. The van der Waals surface area contributed by atoms with E-state index in [1.165, 1.54) is 11.8 Å². The van der Waals surface area contributed by atoms with Gasteiger partial charge in [0.25, 0.3) is 11.1 Å². The van der Waals surface area contributed by atoms with Gasteiger partial charge in [0.2, 0.25) is 0 Å². The minimum atomic E-state index is 0.0679. The fraction of sp³-hybridized carbons (Fsp3) is 0.188. The highest BCUT2D eigenvalue weighted by Gasteiger charge is 2.14. The van der Waals surface area contributed by atoms with Gasteiger partial charge < -0.3 is 4.42 Å². The minimum Gasteiger partial charge on any atom is -0.410 e. The average molecular weight is 330 g/mol. The second-order valence-electron chi connectivity index (χ2n) is 4.88. The molecule has 0 fully saturated rings. The summed E-state index contributed by atoms with van der Waals surface area (Å²) in [6, 6.07) is 9.69. The number of carbonyl (C=O) groups is 1. The number of thioether (sulfide) groups is 1. The summed E-state index contributed by atoms with van der Waals surface area (Å²) in [4.78, 5) is 13.2. The van der Waals surface area contributed by atoms with Crippen LogP contribution in [0, 0.1) is 13.8 Å². The Labute approximate surface area is 136 Å². The molecule has 0 bridgehead atoms. The molecule has 0 spiro atoms. The number of Topliss-reactive ketones (excluding diaryl/α,β-unsaturated/α-hetero) is 1. The molecule has 0 unspecified atom stereocenters. The van der Waals surface area contributed by atoms with Gasteiger partial charge in [-0.25, -0.2) is 0 Å². The van der Waals surface area contributed by atoms with E-state index >= 15 is 0 Å². The number of hydrogen-bond donors (Lipinski definition) is 0. The molecule has 0 aliphatic heterocycles. The molecule has 3 rings (SSSR count). The lowest BCUT2D eigenvalue weighted by Gasteiger charge is -2.04. The van der Waals surface area contributed by atoms with E-state index in [9.17, 15) is 4.79 Å². The first kappa shape index (κ1) is 15.0. The molecule has 0 N–H and O–H groups in total. The maximum absolute atomic E-state index is 12.3. The number of rotatable bonds is 5. The standard InChI is InChI=1S/C16H14N2O2S2/c1-10-5-6-12(11(2)8-10)13(19)9-22-16-18-17-15(20-16)14-4-3-7-21-14/h3-8H,9H2,1-2H3. The Morgan fingerprint density at radius 1 is 1.27 bits per heavy atom. The van der Waals surface area contributed by atoms with Crippen molar-refractivity contribution in [2.45, 2.75) is 19.1 Å². The van der Waals surface area contributed by atoms with Crippen LogP contribution in [0.5, 0.6) is 0 Å². The molecule has 6 heteroatoms. The van der Waals surface area contributed by atoms with Crippen LogP contribution in [0.2, 0.25) is 0 Å². The van der Waals surface area contributed by atoms with Crippen molar-refractivity contribution in [1.29, 1.82) is 0 Å². The maximum Gasteiger partial charge on any atom is 0.277 e. The minimum absolute atomic E-state index is 0.0679. The zero-order chi connectivity index (χ0) is 15.5. The van der Waals surface area contributed by atoms with Crippen LogP contribution < -0.4 is 0 Å². The number of ketones is 1. The third-order valence-electron chi connectivity index (χ3n) is 3.15. The Balaban J connectivity index is 1.66.